The molecule has 0 unspecified atom stereocenters. The Morgan fingerprint density at radius 2 is 1.90 bits per heavy atom. The molecule has 30 heavy (non-hydrogen) atoms. The van der Waals surface area contributed by atoms with Crippen molar-refractivity contribution in [1.82, 2.24) is 0 Å². The molecular weight excluding hydrogens is 388 g/mol. The highest BCUT2D eigenvalue weighted by Gasteiger charge is 2.87. The van der Waals surface area contributed by atoms with E-state index in [1.807, 2.05) is 13.8 Å². The maximum absolute atomic E-state index is 14.0. The number of fused-ring (bicyclic) bond motifs is 2. The number of aldehydes is 1. The molecule has 7 nitrogen and oxygen atoms in total. The zero-order valence-electron chi connectivity index (χ0n) is 17.5. The summed E-state index contributed by atoms with van der Waals surface area (Å²) in [5, 5.41) is 34.5. The molecule has 3 N–H and O–H groups in total. The summed E-state index contributed by atoms with van der Waals surface area (Å²) in [5.74, 6) is -4.98. The smallest absolute Gasteiger partial charge is 0.208 e. The van der Waals surface area contributed by atoms with E-state index in [0.29, 0.717) is 25.7 Å². The Kier molecular flexibility index (Phi) is 4.02. The van der Waals surface area contributed by atoms with E-state index < -0.39 is 63.7 Å². The van der Waals surface area contributed by atoms with E-state index in [1.165, 1.54) is 0 Å². The molecule has 2 aliphatic heterocycles. The van der Waals surface area contributed by atoms with Crippen LogP contribution in [0.5, 0.6) is 0 Å². The summed E-state index contributed by atoms with van der Waals surface area (Å²) in [4.78, 5) is 38.5. The van der Waals surface area contributed by atoms with E-state index in [0.717, 1.165) is 6.29 Å². The van der Waals surface area contributed by atoms with Gasteiger partial charge in [0.1, 0.15) is 23.6 Å². The van der Waals surface area contributed by atoms with Crippen molar-refractivity contribution in [3.8, 4) is 0 Å². The topological polar surface area (TPSA) is 121 Å². The Morgan fingerprint density at radius 1 is 1.20 bits per heavy atom. The minimum absolute atomic E-state index is 0.0887. The van der Waals surface area contributed by atoms with Gasteiger partial charge in [-0.1, -0.05) is 20.4 Å². The predicted molar refractivity (Wildman–Crippen MR) is 104 cm³/mol. The lowest BCUT2D eigenvalue weighted by Gasteiger charge is -2.73. The van der Waals surface area contributed by atoms with Gasteiger partial charge in [0, 0.05) is 24.2 Å². The Bertz CT molecular complexity index is 864. The Hall–Kier alpha value is -1.41. The normalized spacial score (nSPS) is 53.4. The molecule has 0 aromatic carbocycles. The lowest BCUT2D eigenvalue weighted by atomic mass is 9.35. The van der Waals surface area contributed by atoms with Crippen LogP contribution in [0.4, 0.5) is 0 Å². The van der Waals surface area contributed by atoms with Crippen LogP contribution in [-0.2, 0) is 19.1 Å². The average molecular weight is 418 g/mol. The summed E-state index contributed by atoms with van der Waals surface area (Å²) < 4.78 is 5.83. The number of carbonyl (C=O) groups excluding carboxylic acids is 3. The Balaban J connectivity index is 1.75. The molecule has 0 aromatic rings. The van der Waals surface area contributed by atoms with Crippen LogP contribution in [0.2, 0.25) is 0 Å². The van der Waals surface area contributed by atoms with E-state index in [2.05, 4.69) is 6.58 Å². The summed E-state index contributed by atoms with van der Waals surface area (Å²) in [5.41, 5.74) is -3.25. The van der Waals surface area contributed by atoms with Gasteiger partial charge in [-0.3, -0.25) is 9.59 Å². The largest absolute Gasteiger partial charge is 0.391 e. The number of aliphatic hydroxyl groups excluding tert-OH is 2. The van der Waals surface area contributed by atoms with Crippen LogP contribution in [0, 0.1) is 39.9 Å². The first-order valence-electron chi connectivity index (χ1n) is 11.0. The van der Waals surface area contributed by atoms with Crippen LogP contribution in [0.15, 0.2) is 12.2 Å². The zero-order valence-corrected chi connectivity index (χ0v) is 17.5. The number of Topliss-reactive ketones (excluding diaryl/α,β-unsaturated/α-hetero) is 2. The molecule has 9 atom stereocenters. The second-order valence-electron chi connectivity index (χ2n) is 10.9. The molecule has 2 saturated heterocycles. The van der Waals surface area contributed by atoms with Gasteiger partial charge < -0.3 is 24.9 Å². The SMILES string of the molecule is C=C1C(=O)[C@]23[C@H](O)[C@H]1CC[C@H]2[C@@]12CO[C@]3(O)[C@@H](O)[C@@H]1C(C)(C)C[C@H](CCC=O)C2=O. The van der Waals surface area contributed by atoms with Crippen molar-refractivity contribution >= 4 is 17.9 Å². The van der Waals surface area contributed by atoms with E-state index in [4.69, 9.17) is 4.74 Å². The van der Waals surface area contributed by atoms with Crippen molar-refractivity contribution in [2.24, 2.45) is 39.9 Å². The van der Waals surface area contributed by atoms with Crippen molar-refractivity contribution in [3.05, 3.63) is 12.2 Å². The van der Waals surface area contributed by atoms with Crippen molar-refractivity contribution in [2.75, 3.05) is 6.61 Å². The predicted octanol–water partition coefficient (Wildman–Crippen LogP) is 0.789. The summed E-state index contributed by atoms with van der Waals surface area (Å²) >= 11 is 0. The number of aliphatic hydroxyl groups is 3. The third-order valence-corrected chi connectivity index (χ3v) is 9.37. The molecule has 6 rings (SSSR count). The maximum Gasteiger partial charge on any atom is 0.208 e. The molecule has 4 saturated carbocycles. The molecule has 6 fully saturated rings. The Labute approximate surface area is 175 Å². The molecule has 4 aliphatic carbocycles. The van der Waals surface area contributed by atoms with E-state index >= 15 is 0 Å². The van der Waals surface area contributed by atoms with Crippen LogP contribution in [0.1, 0.15) is 46.0 Å². The second-order valence-corrected chi connectivity index (χ2v) is 10.9. The molecule has 2 spiro atoms. The van der Waals surface area contributed by atoms with Crippen molar-refractivity contribution in [3.63, 3.8) is 0 Å². The van der Waals surface area contributed by atoms with Crippen LogP contribution in [0.25, 0.3) is 0 Å². The first kappa shape index (κ1) is 20.5. The van der Waals surface area contributed by atoms with Gasteiger partial charge in [-0.25, -0.2) is 0 Å². The first-order chi connectivity index (χ1) is 14.0. The van der Waals surface area contributed by atoms with E-state index in [-0.39, 0.29) is 24.4 Å². The minimum atomic E-state index is -2.26. The summed E-state index contributed by atoms with van der Waals surface area (Å²) in [7, 11) is 0. The van der Waals surface area contributed by atoms with Gasteiger partial charge in [0.2, 0.25) is 5.79 Å². The van der Waals surface area contributed by atoms with Crippen molar-refractivity contribution in [2.45, 2.75) is 63.9 Å². The highest BCUT2D eigenvalue weighted by molar-refractivity contribution is 6.06. The van der Waals surface area contributed by atoms with Crippen LogP contribution < -0.4 is 0 Å². The fourth-order valence-corrected chi connectivity index (χ4v) is 8.49. The highest BCUT2D eigenvalue weighted by Crippen LogP contribution is 2.76. The summed E-state index contributed by atoms with van der Waals surface area (Å²) in [6.45, 7) is 7.73. The second kappa shape index (κ2) is 5.88. The monoisotopic (exact) mass is 418 g/mol. The lowest BCUT2D eigenvalue weighted by Crippen LogP contribution is -2.85. The van der Waals surface area contributed by atoms with Gasteiger partial charge in [0.15, 0.2) is 5.78 Å². The molecule has 7 heteroatoms. The minimum Gasteiger partial charge on any atom is -0.391 e. The summed E-state index contributed by atoms with van der Waals surface area (Å²) in [6.07, 6.45) is 0.205. The van der Waals surface area contributed by atoms with Gasteiger partial charge in [0.05, 0.1) is 18.1 Å². The molecule has 0 amide bonds. The fourth-order valence-electron chi connectivity index (χ4n) is 8.49. The van der Waals surface area contributed by atoms with Gasteiger partial charge in [-0.2, -0.15) is 0 Å². The molecule has 0 radical (unpaired) electrons. The number of ether oxygens (including phenoxy) is 1. The fraction of sp³-hybridized carbons (Fsp3) is 0.783. The maximum atomic E-state index is 14.0. The Morgan fingerprint density at radius 3 is 2.57 bits per heavy atom. The molecule has 4 bridgehead atoms. The average Bonchev–Trinajstić information content (AvgIpc) is 2.80. The number of hydrogen-bond donors (Lipinski definition) is 3. The third-order valence-electron chi connectivity index (χ3n) is 9.37. The molecular formula is C23H30O7. The van der Waals surface area contributed by atoms with Gasteiger partial charge >= 0.3 is 0 Å². The lowest BCUT2D eigenvalue weighted by molar-refractivity contribution is -0.438. The molecule has 0 aromatic heterocycles. The van der Waals surface area contributed by atoms with Gasteiger partial charge in [-0.05, 0) is 42.6 Å². The van der Waals surface area contributed by atoms with E-state index in [1.54, 1.807) is 0 Å². The quantitative estimate of drug-likeness (QED) is 0.458. The molecule has 2 heterocycles. The van der Waals surface area contributed by atoms with Gasteiger partial charge in [0.25, 0.3) is 0 Å². The highest BCUT2D eigenvalue weighted by atomic mass is 16.6. The first-order valence-corrected chi connectivity index (χ1v) is 11.0. The number of ketones is 2. The van der Waals surface area contributed by atoms with Crippen LogP contribution >= 0.6 is 0 Å². The number of hydrogen-bond acceptors (Lipinski definition) is 7. The van der Waals surface area contributed by atoms with Gasteiger partial charge in [-0.15, -0.1) is 0 Å². The summed E-state index contributed by atoms with van der Waals surface area (Å²) in [6, 6.07) is 0. The standard InChI is InChI=1S/C23H30O7/c1-11-13-6-7-14-21-10-30-23(29,22(14,16(11)25)18(13)27)19(28)15(21)20(2,3)9-12(17(21)26)5-4-8-24/h8,12-15,18-19,27-29H,1,4-7,9-10H2,2-3H3/t12-,13-,14-,15+,18+,19-,21-,22-,23+/m0/s1. The molecule has 164 valence electrons. The number of rotatable bonds is 3. The van der Waals surface area contributed by atoms with Crippen LogP contribution in [-0.4, -0.2) is 57.8 Å². The zero-order chi connectivity index (χ0) is 21.9. The van der Waals surface area contributed by atoms with E-state index in [9.17, 15) is 29.7 Å². The van der Waals surface area contributed by atoms with Crippen LogP contribution in [0.3, 0.4) is 0 Å². The van der Waals surface area contributed by atoms with Crippen molar-refractivity contribution in [1.29, 1.82) is 0 Å². The molecule has 6 aliphatic rings. The number of carbonyl (C=O) groups is 3. The third kappa shape index (κ3) is 1.87. The van der Waals surface area contributed by atoms with Crippen molar-refractivity contribution < 1.29 is 34.4 Å².